The molecule has 1 saturated heterocycles. The number of aromatic hydroxyl groups is 4. The van der Waals surface area contributed by atoms with Crippen molar-refractivity contribution in [3.8, 4) is 34.3 Å². The average Bonchev–Trinajstić information content (AvgIpc) is 2.76. The van der Waals surface area contributed by atoms with Crippen molar-refractivity contribution in [2.75, 3.05) is 6.61 Å². The molecule has 32 heavy (non-hydrogen) atoms. The maximum Gasteiger partial charge on any atom is 0.197 e. The van der Waals surface area contributed by atoms with Gasteiger partial charge in [0, 0.05) is 17.2 Å². The molecule has 3 aromatic rings. The zero-order valence-corrected chi connectivity index (χ0v) is 16.3. The van der Waals surface area contributed by atoms with Crippen molar-refractivity contribution in [1.29, 1.82) is 0 Å². The van der Waals surface area contributed by atoms with Gasteiger partial charge in [0.1, 0.15) is 47.4 Å². The molecule has 1 aliphatic rings. The minimum atomic E-state index is -1.75. The Hall–Kier alpha value is -3.35. The van der Waals surface area contributed by atoms with Crippen LogP contribution in [0.1, 0.15) is 11.7 Å². The molecule has 0 spiro atoms. The highest BCUT2D eigenvalue weighted by Crippen LogP contribution is 2.43. The Bertz CT molecular complexity index is 1230. The summed E-state index contributed by atoms with van der Waals surface area (Å²) < 4.78 is 11.0. The van der Waals surface area contributed by atoms with E-state index in [0.717, 1.165) is 24.3 Å². The van der Waals surface area contributed by atoms with E-state index in [1.54, 1.807) is 0 Å². The van der Waals surface area contributed by atoms with Crippen LogP contribution in [0.3, 0.4) is 0 Å². The Balaban J connectivity index is 1.90. The molecule has 0 aliphatic carbocycles. The van der Waals surface area contributed by atoms with Crippen LogP contribution in [0.4, 0.5) is 0 Å². The summed E-state index contributed by atoms with van der Waals surface area (Å²) in [6, 6.07) is 5.60. The van der Waals surface area contributed by atoms with Gasteiger partial charge in [-0.25, -0.2) is 0 Å². The Morgan fingerprint density at radius 2 is 1.56 bits per heavy atom. The van der Waals surface area contributed by atoms with Gasteiger partial charge in [0.25, 0.3) is 0 Å². The lowest BCUT2D eigenvalue weighted by Gasteiger charge is -2.40. The molecular formula is C21H20O11. The van der Waals surface area contributed by atoms with Gasteiger partial charge < -0.3 is 50.0 Å². The molecule has 1 aliphatic heterocycles. The van der Waals surface area contributed by atoms with Crippen LogP contribution in [0.25, 0.3) is 22.3 Å². The van der Waals surface area contributed by atoms with E-state index in [4.69, 9.17) is 9.15 Å². The van der Waals surface area contributed by atoms with Gasteiger partial charge in [-0.1, -0.05) is 0 Å². The Kier molecular flexibility index (Phi) is 5.44. The van der Waals surface area contributed by atoms with Crippen molar-refractivity contribution in [3.63, 3.8) is 0 Å². The second kappa shape index (κ2) is 7.97. The molecular weight excluding hydrogens is 428 g/mol. The van der Waals surface area contributed by atoms with Crippen LogP contribution in [-0.4, -0.2) is 71.9 Å². The smallest absolute Gasteiger partial charge is 0.197 e. The van der Waals surface area contributed by atoms with E-state index in [1.165, 1.54) is 6.07 Å². The Labute approximate surface area is 179 Å². The fraction of sp³-hybridized carbons (Fsp3) is 0.286. The molecule has 0 bridgehead atoms. The number of aliphatic hydroxyl groups excluding tert-OH is 4. The summed E-state index contributed by atoms with van der Waals surface area (Å²) in [5.74, 6) is -2.30. The summed E-state index contributed by atoms with van der Waals surface area (Å²) in [5.41, 5.74) is -1.29. The molecule has 11 nitrogen and oxygen atoms in total. The normalized spacial score (nSPS) is 25.8. The molecule has 8 N–H and O–H groups in total. The van der Waals surface area contributed by atoms with E-state index in [9.17, 15) is 45.6 Å². The van der Waals surface area contributed by atoms with Crippen molar-refractivity contribution in [2.45, 2.75) is 30.5 Å². The van der Waals surface area contributed by atoms with Gasteiger partial charge in [-0.3, -0.25) is 4.79 Å². The number of fused-ring (bicyclic) bond motifs is 1. The summed E-state index contributed by atoms with van der Waals surface area (Å²) in [5, 5.41) is 79.8. The lowest BCUT2D eigenvalue weighted by Crippen LogP contribution is -2.55. The third-order valence-corrected chi connectivity index (χ3v) is 5.44. The van der Waals surface area contributed by atoms with Gasteiger partial charge >= 0.3 is 0 Å². The molecule has 2 aromatic carbocycles. The molecule has 0 saturated carbocycles. The molecule has 5 atom stereocenters. The maximum atomic E-state index is 12.6. The van der Waals surface area contributed by atoms with E-state index >= 15 is 0 Å². The van der Waals surface area contributed by atoms with Crippen LogP contribution >= 0.6 is 0 Å². The topological polar surface area (TPSA) is 201 Å². The summed E-state index contributed by atoms with van der Waals surface area (Å²) in [6.45, 7) is -0.703. The molecule has 170 valence electrons. The number of hydrogen-bond donors (Lipinski definition) is 8. The third kappa shape index (κ3) is 3.42. The molecule has 0 unspecified atom stereocenters. The molecule has 1 fully saturated rings. The number of ether oxygens (including phenoxy) is 1. The van der Waals surface area contributed by atoms with Gasteiger partial charge in [0.05, 0.1) is 6.61 Å². The summed E-state index contributed by atoms with van der Waals surface area (Å²) in [4.78, 5) is 12.6. The fourth-order valence-electron chi connectivity index (χ4n) is 3.72. The van der Waals surface area contributed by atoms with Gasteiger partial charge in [-0.15, -0.1) is 0 Å². The second-order valence-electron chi connectivity index (χ2n) is 7.47. The van der Waals surface area contributed by atoms with Gasteiger partial charge in [0.2, 0.25) is 0 Å². The van der Waals surface area contributed by atoms with Gasteiger partial charge in [0.15, 0.2) is 28.3 Å². The lowest BCUT2D eigenvalue weighted by atomic mass is 9.90. The van der Waals surface area contributed by atoms with E-state index in [2.05, 4.69) is 0 Å². The fourth-order valence-corrected chi connectivity index (χ4v) is 3.72. The first-order valence-corrected chi connectivity index (χ1v) is 9.49. The van der Waals surface area contributed by atoms with Crippen molar-refractivity contribution >= 4 is 11.0 Å². The van der Waals surface area contributed by atoms with E-state index < -0.39 is 71.1 Å². The predicted octanol–water partition coefficient (Wildman–Crippen LogP) is -0.203. The highest BCUT2D eigenvalue weighted by Gasteiger charge is 2.45. The van der Waals surface area contributed by atoms with Crippen LogP contribution in [-0.2, 0) is 4.74 Å². The second-order valence-corrected chi connectivity index (χ2v) is 7.47. The van der Waals surface area contributed by atoms with Crippen LogP contribution in [0.5, 0.6) is 23.0 Å². The quantitative estimate of drug-likeness (QED) is 0.195. The third-order valence-electron chi connectivity index (χ3n) is 5.44. The van der Waals surface area contributed by atoms with Crippen molar-refractivity contribution in [1.82, 2.24) is 0 Å². The highest BCUT2D eigenvalue weighted by molar-refractivity contribution is 5.90. The lowest BCUT2D eigenvalue weighted by molar-refractivity contribution is -0.232. The number of phenols is 4. The number of rotatable bonds is 3. The van der Waals surface area contributed by atoms with E-state index in [1.807, 2.05) is 0 Å². The first kappa shape index (κ1) is 21.9. The van der Waals surface area contributed by atoms with Crippen LogP contribution < -0.4 is 5.43 Å². The first-order valence-electron chi connectivity index (χ1n) is 9.49. The zero-order valence-electron chi connectivity index (χ0n) is 16.3. The van der Waals surface area contributed by atoms with E-state index in [0.29, 0.717) is 0 Å². The number of benzene rings is 2. The Morgan fingerprint density at radius 3 is 2.22 bits per heavy atom. The Morgan fingerprint density at radius 1 is 0.844 bits per heavy atom. The first-order chi connectivity index (χ1) is 15.1. The molecule has 0 radical (unpaired) electrons. The molecule has 4 rings (SSSR count). The van der Waals surface area contributed by atoms with Crippen LogP contribution in [0.15, 0.2) is 39.5 Å². The average molecular weight is 448 g/mol. The molecule has 0 amide bonds. The van der Waals surface area contributed by atoms with Crippen molar-refractivity contribution in [2.24, 2.45) is 0 Å². The van der Waals surface area contributed by atoms with Crippen LogP contribution in [0.2, 0.25) is 0 Å². The summed E-state index contributed by atoms with van der Waals surface area (Å²) >= 11 is 0. The highest BCUT2D eigenvalue weighted by atomic mass is 16.5. The van der Waals surface area contributed by atoms with Crippen molar-refractivity contribution < 1.29 is 50.0 Å². The van der Waals surface area contributed by atoms with Crippen molar-refractivity contribution in [3.05, 3.63) is 46.1 Å². The summed E-state index contributed by atoms with van der Waals surface area (Å²) in [7, 11) is 0. The number of aliphatic hydroxyl groups is 4. The molecule has 1 aromatic heterocycles. The standard InChI is InChI=1S/C21H20O11/c22-6-14-17(28)18(29)19(30)20(32-14)8-4-11(25)15-12(26)5-13(31-21(15)16(8)27)7-1-2-9(23)10(24)3-7/h1-5,14,17-20,22-25,27-30H,6H2/t14-,17-,18+,19-,20-/m1/s1. The summed E-state index contributed by atoms with van der Waals surface area (Å²) in [6.07, 6.45) is -7.88. The van der Waals surface area contributed by atoms with E-state index in [-0.39, 0.29) is 22.3 Å². The maximum absolute atomic E-state index is 12.6. The largest absolute Gasteiger partial charge is 0.507 e. The monoisotopic (exact) mass is 448 g/mol. The SMILES string of the molecule is O=c1cc(-c2ccc(O)c(O)c2)oc2c(O)c([C@H]3O[C@H](CO)[C@@H](O)[C@H](O)[C@H]3O)cc(O)c12. The number of phenolic OH excluding ortho intramolecular Hbond substituents is 4. The minimum absolute atomic E-state index is 0.113. The predicted molar refractivity (Wildman–Crippen MR) is 107 cm³/mol. The van der Waals surface area contributed by atoms with Gasteiger partial charge in [-0.2, -0.15) is 0 Å². The molecule has 11 heteroatoms. The minimum Gasteiger partial charge on any atom is -0.507 e. The zero-order chi connectivity index (χ0) is 23.3. The van der Waals surface area contributed by atoms with Crippen LogP contribution in [0, 0.1) is 0 Å². The molecule has 2 heterocycles. The van der Waals surface area contributed by atoms with Gasteiger partial charge in [-0.05, 0) is 24.3 Å². The number of hydrogen-bond acceptors (Lipinski definition) is 11.